The van der Waals surface area contributed by atoms with E-state index >= 15 is 0 Å². The molecule has 1 aliphatic carbocycles. The van der Waals surface area contributed by atoms with Gasteiger partial charge < -0.3 is 9.84 Å². The first-order chi connectivity index (χ1) is 9.34. The molecule has 0 saturated heterocycles. The minimum absolute atomic E-state index is 0.0465. The quantitative estimate of drug-likeness (QED) is 0.919. The Kier molecular flexibility index (Phi) is 4.49. The number of carboxylic acid groups (broad SMARTS) is 1. The Morgan fingerprint density at radius 3 is 2.80 bits per heavy atom. The molecule has 1 heterocycles. The average Bonchev–Trinajstić information content (AvgIpc) is 2.76. The molecule has 2 atom stereocenters. The Labute approximate surface area is 124 Å². The Morgan fingerprint density at radius 2 is 2.25 bits per heavy atom. The summed E-state index contributed by atoms with van der Waals surface area (Å²) >= 11 is 1.63. The third-order valence-corrected chi connectivity index (χ3v) is 4.79. The minimum Gasteiger partial charge on any atom is -0.481 e. The van der Waals surface area contributed by atoms with Gasteiger partial charge in [0.2, 0.25) is 0 Å². The monoisotopic (exact) mass is 297 g/mol. The highest BCUT2D eigenvalue weighted by molar-refractivity contribution is 7.11. The van der Waals surface area contributed by atoms with E-state index < -0.39 is 11.9 Å². The number of hydrogen-bond donors (Lipinski definition) is 1. The Bertz CT molecular complexity index is 490. The molecule has 2 unspecified atom stereocenters. The van der Waals surface area contributed by atoms with Crippen LogP contribution in [0.3, 0.4) is 0 Å². The van der Waals surface area contributed by atoms with Crippen LogP contribution in [0, 0.1) is 5.41 Å². The van der Waals surface area contributed by atoms with Crippen LogP contribution < -0.4 is 0 Å². The number of rotatable bonds is 4. The van der Waals surface area contributed by atoms with E-state index in [1.54, 1.807) is 11.3 Å². The SMILES string of the molecule is CCOC(c1nc2c(s1)CCCC2C(=O)O)C(C)(C)C. The van der Waals surface area contributed by atoms with Gasteiger partial charge in [-0.15, -0.1) is 11.3 Å². The number of aliphatic carboxylic acids is 1. The average molecular weight is 297 g/mol. The molecular formula is C15H23NO3S. The molecular weight excluding hydrogens is 274 g/mol. The van der Waals surface area contributed by atoms with Gasteiger partial charge in [-0.05, 0) is 31.6 Å². The van der Waals surface area contributed by atoms with E-state index in [9.17, 15) is 9.90 Å². The van der Waals surface area contributed by atoms with E-state index in [1.165, 1.54) is 0 Å². The molecule has 0 bridgehead atoms. The van der Waals surface area contributed by atoms with Crippen molar-refractivity contribution in [3.05, 3.63) is 15.6 Å². The highest BCUT2D eigenvalue weighted by Crippen LogP contribution is 2.42. The molecule has 1 aromatic rings. The Balaban J connectivity index is 2.37. The molecule has 0 fully saturated rings. The normalized spacial score (nSPS) is 20.5. The summed E-state index contributed by atoms with van der Waals surface area (Å²) in [6.45, 7) is 8.99. The van der Waals surface area contributed by atoms with E-state index in [2.05, 4.69) is 25.8 Å². The molecule has 4 nitrogen and oxygen atoms in total. The zero-order chi connectivity index (χ0) is 14.9. The van der Waals surface area contributed by atoms with E-state index in [0.29, 0.717) is 13.0 Å². The van der Waals surface area contributed by atoms with Gasteiger partial charge in [0.25, 0.3) is 0 Å². The maximum absolute atomic E-state index is 11.4. The van der Waals surface area contributed by atoms with Crippen LogP contribution in [-0.2, 0) is 16.0 Å². The molecule has 0 saturated carbocycles. The summed E-state index contributed by atoms with van der Waals surface area (Å²) in [5, 5.41) is 10.3. The molecule has 1 aromatic heterocycles. The van der Waals surface area contributed by atoms with Crippen LogP contribution in [0.5, 0.6) is 0 Å². The third kappa shape index (κ3) is 3.04. The summed E-state index contributed by atoms with van der Waals surface area (Å²) in [5.41, 5.74) is 0.729. The molecule has 0 aromatic carbocycles. The van der Waals surface area contributed by atoms with Crippen LogP contribution in [-0.4, -0.2) is 22.7 Å². The molecule has 5 heteroatoms. The van der Waals surface area contributed by atoms with Crippen molar-refractivity contribution >= 4 is 17.3 Å². The summed E-state index contributed by atoms with van der Waals surface area (Å²) in [4.78, 5) is 17.1. The zero-order valence-electron chi connectivity index (χ0n) is 12.6. The summed E-state index contributed by atoms with van der Waals surface area (Å²) in [6, 6.07) is 0. The first-order valence-corrected chi connectivity index (χ1v) is 8.00. The fraction of sp³-hybridized carbons (Fsp3) is 0.733. The van der Waals surface area contributed by atoms with Crippen molar-refractivity contribution in [1.82, 2.24) is 4.98 Å². The predicted molar refractivity (Wildman–Crippen MR) is 79.3 cm³/mol. The topological polar surface area (TPSA) is 59.4 Å². The van der Waals surface area contributed by atoms with Gasteiger partial charge in [0.1, 0.15) is 11.1 Å². The fourth-order valence-corrected chi connectivity index (χ4v) is 4.11. The van der Waals surface area contributed by atoms with Gasteiger partial charge in [-0.1, -0.05) is 20.8 Å². The van der Waals surface area contributed by atoms with Crippen molar-refractivity contribution < 1.29 is 14.6 Å². The van der Waals surface area contributed by atoms with Gasteiger partial charge in [-0.25, -0.2) is 4.98 Å². The number of aromatic nitrogens is 1. The first kappa shape index (κ1) is 15.4. The first-order valence-electron chi connectivity index (χ1n) is 7.18. The number of carbonyl (C=O) groups is 1. The molecule has 0 aliphatic heterocycles. The second-order valence-corrected chi connectivity index (χ2v) is 7.46. The lowest BCUT2D eigenvalue weighted by molar-refractivity contribution is -0.139. The molecule has 1 aliphatic rings. The molecule has 0 amide bonds. The minimum atomic E-state index is -0.758. The molecule has 0 spiro atoms. The molecule has 1 N–H and O–H groups in total. The van der Waals surface area contributed by atoms with Crippen LogP contribution in [0.15, 0.2) is 0 Å². The van der Waals surface area contributed by atoms with E-state index in [0.717, 1.165) is 28.4 Å². The molecule has 0 radical (unpaired) electrons. The summed E-state index contributed by atoms with van der Waals surface area (Å²) in [6.07, 6.45) is 2.50. The summed E-state index contributed by atoms with van der Waals surface area (Å²) < 4.78 is 5.87. The van der Waals surface area contributed by atoms with Crippen LogP contribution in [0.2, 0.25) is 0 Å². The van der Waals surface area contributed by atoms with E-state index in [1.807, 2.05) is 6.92 Å². The summed E-state index contributed by atoms with van der Waals surface area (Å²) in [7, 11) is 0. The lowest BCUT2D eigenvalue weighted by Gasteiger charge is -2.28. The highest BCUT2D eigenvalue weighted by atomic mass is 32.1. The lowest BCUT2D eigenvalue weighted by Crippen LogP contribution is -2.22. The smallest absolute Gasteiger partial charge is 0.312 e. The van der Waals surface area contributed by atoms with Crippen molar-refractivity contribution in [2.75, 3.05) is 6.61 Å². The van der Waals surface area contributed by atoms with Crippen molar-refractivity contribution in [1.29, 1.82) is 0 Å². The number of nitrogens with zero attached hydrogens (tertiary/aromatic N) is 1. The molecule has 112 valence electrons. The molecule has 20 heavy (non-hydrogen) atoms. The summed E-state index contributed by atoms with van der Waals surface area (Å²) in [5.74, 6) is -1.20. The lowest BCUT2D eigenvalue weighted by atomic mass is 9.89. The van der Waals surface area contributed by atoms with Gasteiger partial charge >= 0.3 is 5.97 Å². The maximum atomic E-state index is 11.4. The van der Waals surface area contributed by atoms with Crippen LogP contribution >= 0.6 is 11.3 Å². The van der Waals surface area contributed by atoms with Crippen LogP contribution in [0.25, 0.3) is 0 Å². The fourth-order valence-electron chi connectivity index (χ4n) is 2.65. The zero-order valence-corrected chi connectivity index (χ0v) is 13.4. The molecule has 2 rings (SSSR count). The standard InChI is InChI=1S/C15H23NO3S/c1-5-19-12(15(2,3)4)13-16-11-9(14(17)18)7-6-8-10(11)20-13/h9,12H,5-8H2,1-4H3,(H,17,18). The maximum Gasteiger partial charge on any atom is 0.312 e. The van der Waals surface area contributed by atoms with Crippen molar-refractivity contribution in [2.45, 2.75) is 59.0 Å². The van der Waals surface area contributed by atoms with E-state index in [4.69, 9.17) is 4.74 Å². The highest BCUT2D eigenvalue weighted by Gasteiger charge is 2.35. The van der Waals surface area contributed by atoms with Gasteiger partial charge in [-0.3, -0.25) is 4.79 Å². The number of hydrogen-bond acceptors (Lipinski definition) is 4. The number of aryl methyl sites for hydroxylation is 1. The Morgan fingerprint density at radius 1 is 1.55 bits per heavy atom. The van der Waals surface area contributed by atoms with E-state index in [-0.39, 0.29) is 11.5 Å². The number of thiazole rings is 1. The van der Waals surface area contributed by atoms with Gasteiger partial charge in [0.05, 0.1) is 11.6 Å². The van der Waals surface area contributed by atoms with Gasteiger partial charge in [-0.2, -0.15) is 0 Å². The van der Waals surface area contributed by atoms with Crippen molar-refractivity contribution in [2.24, 2.45) is 5.41 Å². The second-order valence-electron chi connectivity index (χ2n) is 6.34. The number of fused-ring (bicyclic) bond motifs is 1. The van der Waals surface area contributed by atoms with Crippen molar-refractivity contribution in [3.8, 4) is 0 Å². The van der Waals surface area contributed by atoms with Gasteiger partial charge in [0.15, 0.2) is 0 Å². The Hall–Kier alpha value is -0.940. The van der Waals surface area contributed by atoms with Crippen molar-refractivity contribution in [3.63, 3.8) is 0 Å². The van der Waals surface area contributed by atoms with Gasteiger partial charge in [0, 0.05) is 11.5 Å². The number of carboxylic acids is 1. The second kappa shape index (κ2) is 5.82. The predicted octanol–water partition coefficient (Wildman–Crippen LogP) is 3.77. The van der Waals surface area contributed by atoms with Crippen LogP contribution in [0.4, 0.5) is 0 Å². The third-order valence-electron chi connectivity index (χ3n) is 3.61. The number of ether oxygens (including phenoxy) is 1. The van der Waals surface area contributed by atoms with Crippen LogP contribution in [0.1, 0.15) is 68.1 Å². The largest absolute Gasteiger partial charge is 0.481 e.